The van der Waals surface area contributed by atoms with Gasteiger partial charge in [0, 0.05) is 29.2 Å². The van der Waals surface area contributed by atoms with E-state index < -0.39 is 12.5 Å². The van der Waals surface area contributed by atoms with Crippen LogP contribution in [0.3, 0.4) is 0 Å². The number of hydrogen-bond acceptors (Lipinski definition) is 3. The van der Waals surface area contributed by atoms with Crippen LogP contribution in [0.4, 0.5) is 8.78 Å². The van der Waals surface area contributed by atoms with Crippen LogP contribution in [0.1, 0.15) is 28.4 Å². The average molecular weight is 539 g/mol. The van der Waals surface area contributed by atoms with Crippen LogP contribution in [0.2, 0.25) is 5.02 Å². The molecule has 0 atom stereocenters. The number of primary amides is 1. The second-order valence-electron chi connectivity index (χ2n) is 5.74. The monoisotopic (exact) mass is 538 g/mol. The first-order chi connectivity index (χ1) is 13.4. The van der Waals surface area contributed by atoms with Crippen molar-refractivity contribution in [3.63, 3.8) is 0 Å². The molecule has 1 amide bonds. The summed E-state index contributed by atoms with van der Waals surface area (Å²) >= 11 is 5.96. The summed E-state index contributed by atoms with van der Waals surface area (Å²) in [5.74, 6) is -0.00441. The van der Waals surface area contributed by atoms with Gasteiger partial charge in [0.1, 0.15) is 5.75 Å². The molecule has 2 aromatic carbocycles. The summed E-state index contributed by atoms with van der Waals surface area (Å²) in [6.45, 7) is 0.0420. The third kappa shape index (κ3) is 8.40. The van der Waals surface area contributed by atoms with Crippen molar-refractivity contribution in [2.45, 2.75) is 26.6 Å². The normalized spacial score (nSPS) is 11.0. The molecule has 0 radical (unpaired) electrons. The molecule has 0 aromatic heterocycles. The van der Waals surface area contributed by atoms with Crippen molar-refractivity contribution < 1.29 is 18.3 Å². The zero-order chi connectivity index (χ0) is 20.5. The first-order valence-electron chi connectivity index (χ1n) is 8.53. The van der Waals surface area contributed by atoms with E-state index in [-0.39, 0.29) is 36.3 Å². The maximum Gasteiger partial charge on any atom is 0.387 e. The van der Waals surface area contributed by atoms with Gasteiger partial charge >= 0.3 is 6.61 Å². The molecule has 0 aliphatic rings. The topological polar surface area (TPSA) is 88.7 Å². The largest absolute Gasteiger partial charge is 0.434 e. The molecule has 0 heterocycles. The molecule has 4 N–H and O–H groups in total. The second-order valence-corrected chi connectivity index (χ2v) is 6.18. The van der Waals surface area contributed by atoms with Crippen molar-refractivity contribution in [1.82, 2.24) is 10.6 Å². The molecule has 29 heavy (non-hydrogen) atoms. The Hall–Kier alpha value is -2.14. The number of nitrogens with zero attached hydrogens (tertiary/aromatic N) is 1. The van der Waals surface area contributed by atoms with Crippen LogP contribution in [-0.2, 0) is 13.1 Å². The van der Waals surface area contributed by atoms with Crippen molar-refractivity contribution in [3.8, 4) is 5.75 Å². The number of carbonyl (C=O) groups is 1. The molecule has 0 bridgehead atoms. The van der Waals surface area contributed by atoms with Crippen molar-refractivity contribution in [1.29, 1.82) is 0 Å². The van der Waals surface area contributed by atoms with Gasteiger partial charge in [-0.1, -0.05) is 23.7 Å². The molecule has 0 aliphatic heterocycles. The van der Waals surface area contributed by atoms with Crippen LogP contribution in [0.5, 0.6) is 5.75 Å². The fraction of sp³-hybridized carbons (Fsp3) is 0.263. The Bertz CT molecular complexity index is 853. The molecule has 0 fully saturated rings. The highest BCUT2D eigenvalue weighted by molar-refractivity contribution is 14.0. The zero-order valence-electron chi connectivity index (χ0n) is 15.6. The van der Waals surface area contributed by atoms with Gasteiger partial charge in [0.05, 0.1) is 6.54 Å². The Morgan fingerprint density at radius 1 is 1.24 bits per heavy atom. The minimum atomic E-state index is -2.93. The van der Waals surface area contributed by atoms with Crippen LogP contribution in [0.15, 0.2) is 47.5 Å². The summed E-state index contributed by atoms with van der Waals surface area (Å²) in [5.41, 5.74) is 6.96. The summed E-state index contributed by atoms with van der Waals surface area (Å²) < 4.78 is 29.7. The summed E-state index contributed by atoms with van der Waals surface area (Å²) in [5, 5.41) is 6.52. The maximum atomic E-state index is 12.6. The number of nitrogens with two attached hydrogens (primary N) is 1. The Kier molecular flexibility index (Phi) is 10.7. The quantitative estimate of drug-likeness (QED) is 0.270. The highest BCUT2D eigenvalue weighted by Gasteiger charge is 2.11. The van der Waals surface area contributed by atoms with Gasteiger partial charge in [-0.3, -0.25) is 4.79 Å². The van der Waals surface area contributed by atoms with Crippen molar-refractivity contribution in [2.75, 3.05) is 6.54 Å². The highest BCUT2D eigenvalue weighted by atomic mass is 127. The number of halogens is 4. The highest BCUT2D eigenvalue weighted by Crippen LogP contribution is 2.24. The molecule has 0 saturated heterocycles. The van der Waals surface area contributed by atoms with E-state index in [4.69, 9.17) is 17.3 Å². The summed E-state index contributed by atoms with van der Waals surface area (Å²) in [6, 6.07) is 11.3. The van der Waals surface area contributed by atoms with E-state index in [1.807, 2.05) is 13.0 Å². The van der Waals surface area contributed by atoms with E-state index in [0.29, 0.717) is 35.2 Å². The predicted octanol–water partition coefficient (Wildman–Crippen LogP) is 3.91. The van der Waals surface area contributed by atoms with Gasteiger partial charge in [-0.15, -0.1) is 24.0 Å². The smallest absolute Gasteiger partial charge is 0.387 e. The second kappa shape index (κ2) is 12.4. The number of rotatable bonds is 8. The number of guanidine groups is 1. The van der Waals surface area contributed by atoms with Gasteiger partial charge in [0.2, 0.25) is 5.91 Å². The summed E-state index contributed by atoms with van der Waals surface area (Å²) in [7, 11) is 0. The third-order valence-electron chi connectivity index (χ3n) is 3.66. The Labute approximate surface area is 189 Å². The van der Waals surface area contributed by atoms with Crippen LogP contribution >= 0.6 is 35.6 Å². The first-order valence-corrected chi connectivity index (χ1v) is 8.91. The van der Waals surface area contributed by atoms with Crippen LogP contribution < -0.4 is 21.1 Å². The minimum Gasteiger partial charge on any atom is -0.434 e. The lowest BCUT2D eigenvalue weighted by Crippen LogP contribution is -2.36. The van der Waals surface area contributed by atoms with E-state index in [1.54, 1.807) is 24.3 Å². The van der Waals surface area contributed by atoms with Crippen LogP contribution in [0, 0.1) is 0 Å². The fourth-order valence-corrected chi connectivity index (χ4v) is 2.61. The molecular formula is C19H22ClF2IN4O2. The molecule has 0 unspecified atom stereocenters. The van der Waals surface area contributed by atoms with E-state index in [2.05, 4.69) is 20.4 Å². The Balaban J connectivity index is 0.00000420. The Morgan fingerprint density at radius 2 is 2.00 bits per heavy atom. The maximum absolute atomic E-state index is 12.6. The first kappa shape index (κ1) is 24.9. The van der Waals surface area contributed by atoms with Gasteiger partial charge < -0.3 is 21.1 Å². The number of alkyl halides is 2. The number of benzene rings is 2. The number of carbonyl (C=O) groups excluding carboxylic acids is 1. The van der Waals surface area contributed by atoms with Crippen molar-refractivity contribution in [2.24, 2.45) is 10.7 Å². The van der Waals surface area contributed by atoms with Crippen LogP contribution in [-0.4, -0.2) is 25.0 Å². The third-order valence-corrected chi connectivity index (χ3v) is 3.90. The summed E-state index contributed by atoms with van der Waals surface area (Å²) in [4.78, 5) is 15.7. The minimum absolute atomic E-state index is 0. The number of ether oxygens (including phenoxy) is 1. The van der Waals surface area contributed by atoms with Gasteiger partial charge in [-0.05, 0) is 42.8 Å². The standard InChI is InChI=1S/C19H21ClF2N4O2.HI/c1-2-24-19(25-10-12-4-3-5-13(8-12)17(23)27)26-11-14-9-15(20)6-7-16(14)28-18(21)22;/h3-9,18H,2,10-11H2,1H3,(H2,23,27)(H2,24,25,26);1H. The average Bonchev–Trinajstić information content (AvgIpc) is 2.65. The lowest BCUT2D eigenvalue weighted by atomic mass is 10.1. The molecule has 2 aromatic rings. The van der Waals surface area contributed by atoms with E-state index >= 15 is 0 Å². The van der Waals surface area contributed by atoms with Gasteiger partial charge in [-0.25, -0.2) is 4.99 Å². The van der Waals surface area contributed by atoms with E-state index in [1.165, 1.54) is 12.1 Å². The SMILES string of the molecule is CCNC(=NCc1cccc(C(N)=O)c1)NCc1cc(Cl)ccc1OC(F)F.I. The lowest BCUT2D eigenvalue weighted by molar-refractivity contribution is -0.0504. The van der Waals surface area contributed by atoms with Gasteiger partial charge in [0.25, 0.3) is 0 Å². The molecule has 2 rings (SSSR count). The lowest BCUT2D eigenvalue weighted by Gasteiger charge is -2.15. The molecule has 6 nitrogen and oxygen atoms in total. The molecule has 0 spiro atoms. The van der Waals surface area contributed by atoms with Gasteiger partial charge in [-0.2, -0.15) is 8.78 Å². The molecule has 158 valence electrons. The van der Waals surface area contributed by atoms with E-state index in [0.717, 1.165) is 5.56 Å². The molecule has 0 saturated carbocycles. The number of hydrogen-bond donors (Lipinski definition) is 3. The molecule has 0 aliphatic carbocycles. The molecule has 10 heteroatoms. The Morgan fingerprint density at radius 3 is 2.66 bits per heavy atom. The molecular weight excluding hydrogens is 517 g/mol. The van der Waals surface area contributed by atoms with Gasteiger partial charge in [0.15, 0.2) is 5.96 Å². The zero-order valence-corrected chi connectivity index (χ0v) is 18.7. The van der Waals surface area contributed by atoms with Crippen molar-refractivity contribution in [3.05, 3.63) is 64.2 Å². The van der Waals surface area contributed by atoms with Crippen LogP contribution in [0.25, 0.3) is 0 Å². The number of nitrogens with one attached hydrogen (secondary N) is 2. The van der Waals surface area contributed by atoms with E-state index in [9.17, 15) is 13.6 Å². The fourth-order valence-electron chi connectivity index (χ4n) is 2.41. The van der Waals surface area contributed by atoms with Crippen molar-refractivity contribution >= 4 is 47.4 Å². The predicted molar refractivity (Wildman–Crippen MR) is 120 cm³/mol. The number of aliphatic imine (C=N–C) groups is 1. The number of amides is 1. The summed E-state index contributed by atoms with van der Waals surface area (Å²) in [6.07, 6.45) is 0.